The van der Waals surface area contributed by atoms with Crippen molar-refractivity contribution in [2.75, 3.05) is 26.9 Å². The molecule has 0 spiro atoms. The third-order valence-corrected chi connectivity index (χ3v) is 2.06. The van der Waals surface area contributed by atoms with Gasteiger partial charge in [-0.3, -0.25) is 4.99 Å². The van der Waals surface area contributed by atoms with Crippen molar-refractivity contribution in [2.45, 2.75) is 0 Å². The molecule has 1 heterocycles. The van der Waals surface area contributed by atoms with Crippen LogP contribution in [0.15, 0.2) is 4.99 Å². The zero-order chi connectivity index (χ0) is 7.23. The quantitative estimate of drug-likeness (QED) is 0.460. The third kappa shape index (κ3) is 2.71. The first-order valence-corrected chi connectivity index (χ1v) is 4.12. The van der Waals surface area contributed by atoms with E-state index in [2.05, 4.69) is 4.99 Å². The molecule has 0 amide bonds. The van der Waals surface area contributed by atoms with E-state index in [1.807, 2.05) is 0 Å². The van der Waals surface area contributed by atoms with Crippen molar-refractivity contribution in [3.05, 3.63) is 0 Å². The summed E-state index contributed by atoms with van der Waals surface area (Å²) in [6.45, 7) is 1.77. The zero-order valence-electron chi connectivity index (χ0n) is 5.82. The minimum atomic E-state index is -1.05. The molecule has 1 rings (SSSR count). The molecule has 0 bridgehead atoms. The van der Waals surface area contributed by atoms with Gasteiger partial charge in [0.1, 0.15) is 0 Å². The molecule has 1 fully saturated rings. The van der Waals surface area contributed by atoms with E-state index in [0.717, 1.165) is 0 Å². The Morgan fingerprint density at radius 3 is 2.90 bits per heavy atom. The van der Waals surface area contributed by atoms with Crippen LogP contribution in [-0.2, 0) is 13.6 Å². The number of rotatable bonds is 3. The van der Waals surface area contributed by atoms with E-state index >= 15 is 0 Å². The fourth-order valence-corrected chi connectivity index (χ4v) is 1.36. The lowest BCUT2D eigenvalue weighted by Crippen LogP contribution is -1.89. The Morgan fingerprint density at radius 2 is 2.30 bits per heavy atom. The molecule has 0 N–H and O–H groups in total. The summed E-state index contributed by atoms with van der Waals surface area (Å²) >= 11 is 0. The summed E-state index contributed by atoms with van der Waals surface area (Å²) in [4.78, 5) is 3.75. The van der Waals surface area contributed by atoms with E-state index in [1.165, 1.54) is 0 Å². The molecule has 0 radical (unpaired) electrons. The average Bonchev–Trinajstić information content (AvgIpc) is 2.41. The molecular formula is C5H10NO3P. The van der Waals surface area contributed by atoms with Gasteiger partial charge in [-0.1, -0.05) is 0 Å². The molecule has 0 saturated carbocycles. The molecule has 5 heteroatoms. The highest BCUT2D eigenvalue weighted by Gasteiger charge is 2.17. The standard InChI is InChI=1S/C5H10NO3P/c1-6-2-3-7-10-8-4-5-9-10/h2H,3-5H2,1H3/b6-2+. The van der Waals surface area contributed by atoms with Gasteiger partial charge in [0.2, 0.25) is 0 Å². The maximum Gasteiger partial charge on any atom is 0.333 e. The Bertz CT molecular complexity index is 113. The minimum Gasteiger partial charge on any atom is -0.310 e. The van der Waals surface area contributed by atoms with E-state index in [0.29, 0.717) is 19.8 Å². The number of hydrogen-bond donors (Lipinski definition) is 0. The molecule has 0 aromatic carbocycles. The average molecular weight is 163 g/mol. The molecule has 1 aliphatic heterocycles. The highest BCUT2D eigenvalue weighted by molar-refractivity contribution is 7.41. The summed E-state index contributed by atoms with van der Waals surface area (Å²) in [6, 6.07) is 0. The van der Waals surface area contributed by atoms with Crippen molar-refractivity contribution in [2.24, 2.45) is 4.99 Å². The second-order valence-corrected chi connectivity index (χ2v) is 2.85. The fourth-order valence-electron chi connectivity index (χ4n) is 0.504. The Kier molecular flexibility index (Phi) is 3.83. The summed E-state index contributed by atoms with van der Waals surface area (Å²) in [5.74, 6) is 0. The molecule has 58 valence electrons. The van der Waals surface area contributed by atoms with Crippen molar-refractivity contribution in [1.29, 1.82) is 0 Å². The van der Waals surface area contributed by atoms with E-state index in [-0.39, 0.29) is 0 Å². The van der Waals surface area contributed by atoms with Crippen molar-refractivity contribution < 1.29 is 13.6 Å². The highest BCUT2D eigenvalue weighted by atomic mass is 31.2. The lowest BCUT2D eigenvalue weighted by Gasteiger charge is -2.03. The molecule has 1 aliphatic rings. The molecule has 0 aliphatic carbocycles. The molecule has 0 aromatic rings. The van der Waals surface area contributed by atoms with Crippen molar-refractivity contribution >= 4 is 14.8 Å². The van der Waals surface area contributed by atoms with Crippen molar-refractivity contribution in [3.8, 4) is 0 Å². The first-order valence-electron chi connectivity index (χ1n) is 3.03. The van der Waals surface area contributed by atoms with Gasteiger partial charge in [-0.25, -0.2) is 0 Å². The topological polar surface area (TPSA) is 40.0 Å². The van der Waals surface area contributed by atoms with Gasteiger partial charge in [-0.2, -0.15) is 0 Å². The molecule has 10 heavy (non-hydrogen) atoms. The summed E-state index contributed by atoms with van der Waals surface area (Å²) < 4.78 is 15.2. The summed E-state index contributed by atoms with van der Waals surface area (Å²) in [7, 11) is 0.653. The Hall–Kier alpha value is -0.0200. The van der Waals surface area contributed by atoms with Crippen molar-refractivity contribution in [1.82, 2.24) is 0 Å². The molecule has 0 aromatic heterocycles. The van der Waals surface area contributed by atoms with Gasteiger partial charge in [0.25, 0.3) is 0 Å². The van der Waals surface area contributed by atoms with Crippen LogP contribution < -0.4 is 0 Å². The first kappa shape index (κ1) is 8.08. The second kappa shape index (κ2) is 4.74. The van der Waals surface area contributed by atoms with Crippen LogP contribution in [0.3, 0.4) is 0 Å². The van der Waals surface area contributed by atoms with Crippen LogP contribution in [0.5, 0.6) is 0 Å². The Balaban J connectivity index is 2.01. The van der Waals surface area contributed by atoms with Crippen LogP contribution in [0.4, 0.5) is 0 Å². The molecular weight excluding hydrogens is 153 g/mol. The van der Waals surface area contributed by atoms with Crippen LogP contribution in [-0.4, -0.2) is 33.1 Å². The number of nitrogens with zero attached hydrogens (tertiary/aromatic N) is 1. The lowest BCUT2D eigenvalue weighted by molar-refractivity contribution is 0.281. The van der Waals surface area contributed by atoms with Gasteiger partial charge in [0, 0.05) is 13.3 Å². The minimum absolute atomic E-state index is 0.474. The van der Waals surface area contributed by atoms with Crippen LogP contribution in [0, 0.1) is 0 Å². The second-order valence-electron chi connectivity index (χ2n) is 1.63. The number of aliphatic imine (C=N–C) groups is 1. The van der Waals surface area contributed by atoms with Gasteiger partial charge in [-0.05, 0) is 0 Å². The molecule has 0 unspecified atom stereocenters. The zero-order valence-corrected chi connectivity index (χ0v) is 6.71. The van der Waals surface area contributed by atoms with E-state index in [4.69, 9.17) is 13.6 Å². The van der Waals surface area contributed by atoms with E-state index in [9.17, 15) is 0 Å². The fraction of sp³-hybridized carbons (Fsp3) is 0.800. The van der Waals surface area contributed by atoms with Crippen LogP contribution in [0.25, 0.3) is 0 Å². The van der Waals surface area contributed by atoms with Crippen LogP contribution in [0.2, 0.25) is 0 Å². The third-order valence-electron chi connectivity index (χ3n) is 0.914. The number of hydrogen-bond acceptors (Lipinski definition) is 4. The summed E-state index contributed by atoms with van der Waals surface area (Å²) in [5, 5.41) is 0. The van der Waals surface area contributed by atoms with Gasteiger partial charge in [0.05, 0.1) is 19.8 Å². The van der Waals surface area contributed by atoms with Crippen molar-refractivity contribution in [3.63, 3.8) is 0 Å². The molecule has 0 atom stereocenters. The maximum atomic E-state index is 5.11. The molecule has 4 nitrogen and oxygen atoms in total. The summed E-state index contributed by atoms with van der Waals surface area (Å²) in [6.07, 6.45) is 1.67. The normalized spacial score (nSPS) is 20.9. The van der Waals surface area contributed by atoms with Gasteiger partial charge in [-0.15, -0.1) is 0 Å². The SMILES string of the molecule is C/N=C/COP1OCCO1. The van der Waals surface area contributed by atoms with Gasteiger partial charge in [0.15, 0.2) is 0 Å². The van der Waals surface area contributed by atoms with E-state index in [1.54, 1.807) is 13.3 Å². The summed E-state index contributed by atoms with van der Waals surface area (Å²) in [5.41, 5.74) is 0. The van der Waals surface area contributed by atoms with E-state index < -0.39 is 8.60 Å². The molecule has 1 saturated heterocycles. The Labute approximate surface area is 61.2 Å². The Morgan fingerprint density at radius 1 is 1.60 bits per heavy atom. The smallest absolute Gasteiger partial charge is 0.310 e. The highest BCUT2D eigenvalue weighted by Crippen LogP contribution is 2.42. The monoisotopic (exact) mass is 163 g/mol. The maximum absolute atomic E-state index is 5.11. The largest absolute Gasteiger partial charge is 0.333 e. The van der Waals surface area contributed by atoms with Gasteiger partial charge >= 0.3 is 8.60 Å². The van der Waals surface area contributed by atoms with Crippen LogP contribution >= 0.6 is 8.60 Å². The lowest BCUT2D eigenvalue weighted by atomic mass is 10.8. The predicted octanol–water partition coefficient (Wildman–Crippen LogP) is 0.977. The van der Waals surface area contributed by atoms with Crippen LogP contribution in [0.1, 0.15) is 0 Å². The first-order chi connectivity index (χ1) is 4.93. The van der Waals surface area contributed by atoms with Gasteiger partial charge < -0.3 is 13.6 Å². The predicted molar refractivity (Wildman–Crippen MR) is 39.2 cm³/mol.